The normalized spacial score (nSPS) is 22.6. The van der Waals surface area contributed by atoms with Crippen LogP contribution in [0.3, 0.4) is 0 Å². The Kier molecular flexibility index (Phi) is 7.30. The van der Waals surface area contributed by atoms with Crippen molar-refractivity contribution in [1.29, 1.82) is 0 Å². The third-order valence-corrected chi connectivity index (χ3v) is 8.68. The van der Waals surface area contributed by atoms with Crippen LogP contribution in [0.15, 0.2) is 47.6 Å². The van der Waals surface area contributed by atoms with Gasteiger partial charge in [-0.15, -0.1) is 0 Å². The molecule has 2 saturated carbocycles. The number of rotatable bonds is 7. The zero-order valence-corrected chi connectivity index (χ0v) is 22.7. The average Bonchev–Trinajstić information content (AvgIpc) is 3.37. The Morgan fingerprint density at radius 2 is 1.97 bits per heavy atom. The zero-order chi connectivity index (χ0) is 26.8. The van der Waals surface area contributed by atoms with E-state index in [9.17, 15) is 9.59 Å². The Labute approximate surface area is 229 Å². The Morgan fingerprint density at radius 1 is 1.15 bits per heavy atom. The van der Waals surface area contributed by atoms with Gasteiger partial charge in [-0.05, 0) is 69.0 Å². The van der Waals surface area contributed by atoms with Crippen molar-refractivity contribution in [3.8, 4) is 5.69 Å². The molecule has 6 rings (SSSR count). The van der Waals surface area contributed by atoms with E-state index < -0.39 is 11.5 Å². The average molecular weight is 528 g/mol. The van der Waals surface area contributed by atoms with Gasteiger partial charge in [-0.2, -0.15) is 0 Å². The number of Topliss-reactive ketones (excluding diaryl/α,β-unsaturated/α-hetero) is 1. The van der Waals surface area contributed by atoms with Crippen LogP contribution in [0.2, 0.25) is 0 Å². The van der Waals surface area contributed by atoms with Gasteiger partial charge in [0.25, 0.3) is 0 Å². The predicted octanol–water partition coefficient (Wildman–Crippen LogP) is 5.07. The van der Waals surface area contributed by atoms with Gasteiger partial charge in [-0.25, -0.2) is 14.8 Å². The second-order valence-corrected chi connectivity index (χ2v) is 11.1. The topological polar surface area (TPSA) is 98.5 Å². The first-order chi connectivity index (χ1) is 19.1. The van der Waals surface area contributed by atoms with Crippen LogP contribution < -0.4 is 5.32 Å². The number of hydrogen-bond acceptors (Lipinski definition) is 7. The number of fused-ring (bicyclic) bond motifs is 1. The molecule has 8 nitrogen and oxygen atoms in total. The molecule has 0 bridgehead atoms. The van der Waals surface area contributed by atoms with Gasteiger partial charge in [0.05, 0.1) is 18.1 Å². The van der Waals surface area contributed by atoms with Crippen LogP contribution in [0, 0.1) is 5.41 Å². The largest absolute Gasteiger partial charge is 0.464 e. The minimum Gasteiger partial charge on any atom is -0.464 e. The zero-order valence-electron chi connectivity index (χ0n) is 22.7. The van der Waals surface area contributed by atoms with Crippen molar-refractivity contribution < 1.29 is 14.3 Å². The molecule has 1 spiro atoms. The van der Waals surface area contributed by atoms with Gasteiger partial charge in [-0.3, -0.25) is 14.4 Å². The number of aromatic nitrogens is 3. The summed E-state index contributed by atoms with van der Waals surface area (Å²) in [5.41, 5.74) is 4.20. The molecule has 8 heteroatoms. The Bertz CT molecular complexity index is 1380. The van der Waals surface area contributed by atoms with Crippen LogP contribution in [0.4, 0.5) is 0 Å². The molecule has 1 aliphatic heterocycles. The van der Waals surface area contributed by atoms with E-state index in [4.69, 9.17) is 14.7 Å². The van der Waals surface area contributed by atoms with Crippen molar-refractivity contribution in [3.05, 3.63) is 54.0 Å². The molecule has 2 atom stereocenters. The maximum absolute atomic E-state index is 13.0. The molecule has 0 amide bonds. The highest BCUT2D eigenvalue weighted by Crippen LogP contribution is 2.47. The van der Waals surface area contributed by atoms with Crippen molar-refractivity contribution in [1.82, 2.24) is 19.9 Å². The number of aliphatic imine (C=N–C) groups is 1. The van der Waals surface area contributed by atoms with Crippen LogP contribution in [-0.2, 0) is 20.7 Å². The highest BCUT2D eigenvalue weighted by molar-refractivity contribution is 6.27. The number of benzene rings is 1. The number of hydrogen-bond donors (Lipinski definition) is 1. The number of carbonyl (C=O) groups excluding carboxylic acids is 2. The molecular weight excluding hydrogens is 490 g/mol. The van der Waals surface area contributed by atoms with Crippen molar-refractivity contribution >= 4 is 28.6 Å². The van der Waals surface area contributed by atoms with Crippen molar-refractivity contribution in [2.45, 2.75) is 83.2 Å². The lowest BCUT2D eigenvalue weighted by Gasteiger charge is -2.44. The smallest absolute Gasteiger partial charge is 0.331 e. The molecule has 1 saturated heterocycles. The van der Waals surface area contributed by atoms with Gasteiger partial charge in [-0.1, -0.05) is 37.8 Å². The van der Waals surface area contributed by atoms with Gasteiger partial charge in [0.1, 0.15) is 17.1 Å². The summed E-state index contributed by atoms with van der Waals surface area (Å²) in [7, 11) is 0. The van der Waals surface area contributed by atoms with E-state index in [1.807, 2.05) is 19.1 Å². The molecular formula is C31H37N5O3. The molecule has 204 valence electrons. The van der Waals surface area contributed by atoms with Gasteiger partial charge in [0.15, 0.2) is 11.7 Å². The summed E-state index contributed by atoms with van der Waals surface area (Å²) >= 11 is 0. The first-order valence-electron chi connectivity index (χ1n) is 14.5. The fourth-order valence-electron chi connectivity index (χ4n) is 6.54. The van der Waals surface area contributed by atoms with Gasteiger partial charge in [0.2, 0.25) is 0 Å². The number of nitrogens with zero attached hydrogens (tertiary/aromatic N) is 4. The van der Waals surface area contributed by atoms with Crippen LogP contribution in [-0.4, -0.2) is 51.2 Å². The second kappa shape index (κ2) is 11.0. The van der Waals surface area contributed by atoms with Crippen molar-refractivity contribution in [2.24, 2.45) is 10.4 Å². The first kappa shape index (κ1) is 25.9. The highest BCUT2D eigenvalue weighted by atomic mass is 16.5. The number of pyridine rings is 1. The Balaban J connectivity index is 1.28. The van der Waals surface area contributed by atoms with Crippen LogP contribution in [0.1, 0.15) is 82.1 Å². The van der Waals surface area contributed by atoms with Crippen LogP contribution in [0.5, 0.6) is 0 Å². The summed E-state index contributed by atoms with van der Waals surface area (Å²) in [5.74, 6) is 0.951. The molecule has 3 aromatic rings. The molecule has 1 aromatic carbocycles. The third kappa shape index (κ3) is 4.91. The van der Waals surface area contributed by atoms with E-state index in [1.165, 1.54) is 12.8 Å². The summed E-state index contributed by atoms with van der Waals surface area (Å²) < 4.78 is 7.55. The predicted molar refractivity (Wildman–Crippen MR) is 150 cm³/mol. The molecule has 2 aliphatic carbocycles. The highest BCUT2D eigenvalue weighted by Gasteiger charge is 2.52. The van der Waals surface area contributed by atoms with Gasteiger partial charge in [0, 0.05) is 30.4 Å². The Morgan fingerprint density at radius 3 is 2.69 bits per heavy atom. The molecule has 3 aliphatic rings. The van der Waals surface area contributed by atoms with E-state index >= 15 is 0 Å². The summed E-state index contributed by atoms with van der Waals surface area (Å²) in [6.45, 7) is 3.11. The van der Waals surface area contributed by atoms with E-state index in [2.05, 4.69) is 39.1 Å². The molecule has 1 N–H and O–H groups in total. The lowest BCUT2D eigenvalue weighted by Crippen LogP contribution is -2.52. The van der Waals surface area contributed by atoms with Crippen molar-refractivity contribution in [3.63, 3.8) is 0 Å². The standard InChI is InChI=1S/C31H37N5O3/c1-2-39-30(38)25(34-26-20-27(37)31(26)15-5-3-6-16-31)19-21-11-13-22(14-12-21)36-28-24(10-8-18-33-28)35-29(36)23-9-4-7-17-32-23/h8,10-14,18,23,25,32H,2-7,9,15-17,19-20H2,1H3/t23-,25-/m0/s1. The molecule has 2 aromatic heterocycles. The summed E-state index contributed by atoms with van der Waals surface area (Å²) in [5, 5.41) is 3.62. The van der Waals surface area contributed by atoms with Gasteiger partial charge < -0.3 is 10.1 Å². The maximum Gasteiger partial charge on any atom is 0.331 e. The number of ether oxygens (including phenoxy) is 1. The fraction of sp³-hybridized carbons (Fsp3) is 0.516. The first-order valence-corrected chi connectivity index (χ1v) is 14.5. The van der Waals surface area contributed by atoms with E-state index in [0.29, 0.717) is 19.4 Å². The lowest BCUT2D eigenvalue weighted by molar-refractivity contribution is -0.144. The molecule has 3 heterocycles. The lowest BCUT2D eigenvalue weighted by atomic mass is 9.58. The fourth-order valence-corrected chi connectivity index (χ4v) is 6.54. The second-order valence-electron chi connectivity index (χ2n) is 11.1. The SMILES string of the molecule is CCOC(=O)[C@H](Cc1ccc(-n2c([C@@H]3CCCCN3)nc3cccnc32)cc1)N=C1CC(=O)C12CCCCC2. The number of carbonyl (C=O) groups is 2. The molecule has 0 radical (unpaired) electrons. The molecule has 39 heavy (non-hydrogen) atoms. The molecule has 3 fully saturated rings. The van der Waals surface area contributed by atoms with Crippen LogP contribution >= 0.6 is 0 Å². The summed E-state index contributed by atoms with van der Waals surface area (Å²) in [4.78, 5) is 40.1. The van der Waals surface area contributed by atoms with Crippen molar-refractivity contribution in [2.75, 3.05) is 13.2 Å². The van der Waals surface area contributed by atoms with E-state index in [0.717, 1.165) is 79.0 Å². The van der Waals surface area contributed by atoms with E-state index in [-0.39, 0.29) is 17.8 Å². The molecule has 0 unspecified atom stereocenters. The number of piperidine rings is 1. The third-order valence-electron chi connectivity index (χ3n) is 8.68. The van der Waals surface area contributed by atoms with Gasteiger partial charge >= 0.3 is 5.97 Å². The van der Waals surface area contributed by atoms with E-state index in [1.54, 1.807) is 6.20 Å². The summed E-state index contributed by atoms with van der Waals surface area (Å²) in [6.07, 6.45) is 11.0. The quantitative estimate of drug-likeness (QED) is 0.431. The van der Waals surface area contributed by atoms with Crippen LogP contribution in [0.25, 0.3) is 16.9 Å². The maximum atomic E-state index is 13.0. The monoisotopic (exact) mass is 527 g/mol. The summed E-state index contributed by atoms with van der Waals surface area (Å²) in [6, 6.07) is 11.7. The number of nitrogens with one attached hydrogen (secondary N) is 1. The number of imidazole rings is 1. The Hall–Kier alpha value is -3.39. The minimum atomic E-state index is -0.643. The number of ketones is 1. The number of esters is 1. The minimum absolute atomic E-state index is 0.189.